The summed E-state index contributed by atoms with van der Waals surface area (Å²) in [6, 6.07) is 5.76. The van der Waals surface area contributed by atoms with Crippen LogP contribution in [0.5, 0.6) is 0 Å². The molecule has 3 heteroatoms. The normalized spacial score (nSPS) is 20.4. The van der Waals surface area contributed by atoms with Crippen LogP contribution in [-0.4, -0.2) is 0 Å². The average Bonchev–Trinajstić information content (AvgIpc) is 2.48. The van der Waals surface area contributed by atoms with Gasteiger partial charge in [0.25, 0.3) is 0 Å². The van der Waals surface area contributed by atoms with Crippen molar-refractivity contribution in [2.75, 3.05) is 0 Å². The standard InChI is InChI=1S/C13H17Cl2N/c14-11-7-5-6-10(12(11)15)13(16)8-3-1-2-4-9-13/h5-7H,1-4,8-9,16H2. The molecule has 1 aromatic carbocycles. The Labute approximate surface area is 107 Å². The van der Waals surface area contributed by atoms with Gasteiger partial charge >= 0.3 is 0 Å². The van der Waals surface area contributed by atoms with Crippen LogP contribution in [0.1, 0.15) is 44.1 Å². The van der Waals surface area contributed by atoms with Crippen molar-refractivity contribution < 1.29 is 0 Å². The average molecular weight is 258 g/mol. The molecule has 1 aromatic rings. The van der Waals surface area contributed by atoms with Crippen LogP contribution in [0.15, 0.2) is 18.2 Å². The van der Waals surface area contributed by atoms with Gasteiger partial charge in [-0.25, -0.2) is 0 Å². The Morgan fingerprint density at radius 2 is 1.62 bits per heavy atom. The molecule has 0 spiro atoms. The maximum absolute atomic E-state index is 6.51. The van der Waals surface area contributed by atoms with E-state index in [4.69, 9.17) is 28.9 Å². The molecule has 16 heavy (non-hydrogen) atoms. The second-order valence-corrected chi connectivity index (χ2v) is 5.46. The zero-order valence-electron chi connectivity index (χ0n) is 9.31. The first-order valence-corrected chi connectivity index (χ1v) is 6.62. The Hall–Kier alpha value is -0.240. The molecular weight excluding hydrogens is 241 g/mol. The summed E-state index contributed by atoms with van der Waals surface area (Å²) in [4.78, 5) is 0. The highest BCUT2D eigenvalue weighted by molar-refractivity contribution is 6.42. The summed E-state index contributed by atoms with van der Waals surface area (Å²) in [6.45, 7) is 0. The van der Waals surface area contributed by atoms with Crippen LogP contribution in [0.25, 0.3) is 0 Å². The van der Waals surface area contributed by atoms with E-state index in [1.165, 1.54) is 25.7 Å². The molecule has 0 atom stereocenters. The molecule has 1 fully saturated rings. The minimum atomic E-state index is -0.279. The van der Waals surface area contributed by atoms with Gasteiger partial charge < -0.3 is 5.73 Å². The van der Waals surface area contributed by atoms with Crippen molar-refractivity contribution in [3.63, 3.8) is 0 Å². The minimum absolute atomic E-state index is 0.279. The predicted molar refractivity (Wildman–Crippen MR) is 70.0 cm³/mol. The molecule has 1 nitrogen and oxygen atoms in total. The fraction of sp³-hybridized carbons (Fsp3) is 0.538. The van der Waals surface area contributed by atoms with Gasteiger partial charge in [0.05, 0.1) is 10.0 Å². The smallest absolute Gasteiger partial charge is 0.0642 e. The summed E-state index contributed by atoms with van der Waals surface area (Å²) in [5.74, 6) is 0. The van der Waals surface area contributed by atoms with Gasteiger partial charge in [0.2, 0.25) is 0 Å². The van der Waals surface area contributed by atoms with Gasteiger partial charge in [-0.1, -0.05) is 61.0 Å². The van der Waals surface area contributed by atoms with Crippen molar-refractivity contribution >= 4 is 23.2 Å². The molecule has 88 valence electrons. The lowest BCUT2D eigenvalue weighted by Gasteiger charge is -2.29. The summed E-state index contributed by atoms with van der Waals surface area (Å²) in [5.41, 5.74) is 7.24. The fourth-order valence-electron chi connectivity index (χ4n) is 2.52. The van der Waals surface area contributed by atoms with Crippen molar-refractivity contribution in [1.29, 1.82) is 0 Å². The predicted octanol–water partition coefficient (Wildman–Crippen LogP) is 4.50. The molecule has 0 radical (unpaired) electrons. The molecule has 0 aliphatic heterocycles. The van der Waals surface area contributed by atoms with Crippen molar-refractivity contribution in [3.8, 4) is 0 Å². The summed E-state index contributed by atoms with van der Waals surface area (Å²) in [5, 5.41) is 1.24. The third-order valence-corrected chi connectivity index (χ3v) is 4.30. The highest BCUT2D eigenvalue weighted by Crippen LogP contribution is 2.39. The number of halogens is 2. The van der Waals surface area contributed by atoms with Gasteiger partial charge in [-0.2, -0.15) is 0 Å². The first-order chi connectivity index (χ1) is 7.63. The molecule has 0 unspecified atom stereocenters. The lowest BCUT2D eigenvalue weighted by molar-refractivity contribution is 0.385. The maximum atomic E-state index is 6.51. The van der Waals surface area contributed by atoms with E-state index in [1.807, 2.05) is 18.2 Å². The topological polar surface area (TPSA) is 26.0 Å². The Kier molecular flexibility index (Phi) is 3.78. The van der Waals surface area contributed by atoms with Gasteiger partial charge in [0, 0.05) is 5.54 Å². The van der Waals surface area contributed by atoms with E-state index in [1.54, 1.807) is 0 Å². The molecule has 0 bridgehead atoms. The quantitative estimate of drug-likeness (QED) is 0.737. The van der Waals surface area contributed by atoms with E-state index in [-0.39, 0.29) is 5.54 Å². The van der Waals surface area contributed by atoms with Crippen LogP contribution < -0.4 is 5.73 Å². The maximum Gasteiger partial charge on any atom is 0.0642 e. The summed E-state index contributed by atoms with van der Waals surface area (Å²) in [6.07, 6.45) is 6.92. The number of hydrogen-bond acceptors (Lipinski definition) is 1. The second-order valence-electron chi connectivity index (χ2n) is 4.67. The van der Waals surface area contributed by atoms with Crippen molar-refractivity contribution in [3.05, 3.63) is 33.8 Å². The van der Waals surface area contributed by atoms with E-state index < -0.39 is 0 Å². The molecule has 0 saturated heterocycles. The van der Waals surface area contributed by atoms with Crippen LogP contribution in [-0.2, 0) is 5.54 Å². The molecule has 0 aromatic heterocycles. The van der Waals surface area contributed by atoms with Gasteiger partial charge in [0.1, 0.15) is 0 Å². The number of benzene rings is 1. The number of rotatable bonds is 1. The third-order valence-electron chi connectivity index (χ3n) is 3.48. The lowest BCUT2D eigenvalue weighted by atomic mass is 9.84. The molecule has 0 heterocycles. The number of hydrogen-bond donors (Lipinski definition) is 1. The zero-order valence-corrected chi connectivity index (χ0v) is 10.8. The molecule has 2 N–H and O–H groups in total. The van der Waals surface area contributed by atoms with Crippen molar-refractivity contribution in [2.24, 2.45) is 5.73 Å². The van der Waals surface area contributed by atoms with Crippen molar-refractivity contribution in [1.82, 2.24) is 0 Å². The van der Waals surface area contributed by atoms with Gasteiger partial charge in [0.15, 0.2) is 0 Å². The van der Waals surface area contributed by atoms with Crippen LogP contribution in [0.3, 0.4) is 0 Å². The highest BCUT2D eigenvalue weighted by Gasteiger charge is 2.30. The van der Waals surface area contributed by atoms with E-state index in [9.17, 15) is 0 Å². The summed E-state index contributed by atoms with van der Waals surface area (Å²) >= 11 is 12.3. The van der Waals surface area contributed by atoms with E-state index >= 15 is 0 Å². The van der Waals surface area contributed by atoms with Gasteiger partial charge in [-0.05, 0) is 24.5 Å². The zero-order chi connectivity index (χ0) is 11.6. The summed E-state index contributed by atoms with van der Waals surface area (Å²) in [7, 11) is 0. The highest BCUT2D eigenvalue weighted by atomic mass is 35.5. The van der Waals surface area contributed by atoms with Crippen LogP contribution >= 0.6 is 23.2 Å². The molecule has 2 rings (SSSR count). The van der Waals surface area contributed by atoms with E-state index in [2.05, 4.69) is 0 Å². The van der Waals surface area contributed by atoms with Crippen molar-refractivity contribution in [2.45, 2.75) is 44.1 Å². The SMILES string of the molecule is NC1(c2cccc(Cl)c2Cl)CCCCCC1. The Morgan fingerprint density at radius 1 is 1.00 bits per heavy atom. The minimum Gasteiger partial charge on any atom is -0.321 e. The van der Waals surface area contributed by atoms with Crippen LogP contribution in [0.2, 0.25) is 10.0 Å². The van der Waals surface area contributed by atoms with Crippen LogP contribution in [0.4, 0.5) is 0 Å². The van der Waals surface area contributed by atoms with E-state index in [0.29, 0.717) is 10.0 Å². The summed E-state index contributed by atoms with van der Waals surface area (Å²) < 4.78 is 0. The molecule has 1 aliphatic carbocycles. The molecular formula is C13H17Cl2N. The third kappa shape index (κ3) is 2.37. The first-order valence-electron chi connectivity index (χ1n) is 5.87. The molecule has 1 aliphatic rings. The van der Waals surface area contributed by atoms with E-state index in [0.717, 1.165) is 18.4 Å². The Bertz CT molecular complexity index is 368. The molecule has 1 saturated carbocycles. The Balaban J connectivity index is 2.37. The second kappa shape index (κ2) is 4.95. The first kappa shape index (κ1) is 12.2. The van der Waals surface area contributed by atoms with Crippen LogP contribution in [0, 0.1) is 0 Å². The fourth-order valence-corrected chi connectivity index (χ4v) is 3.01. The van der Waals surface area contributed by atoms with Gasteiger partial charge in [-0.3, -0.25) is 0 Å². The Morgan fingerprint density at radius 3 is 2.25 bits per heavy atom. The monoisotopic (exact) mass is 257 g/mol. The molecule has 0 amide bonds. The number of nitrogens with two attached hydrogens (primary N) is 1. The van der Waals surface area contributed by atoms with Gasteiger partial charge in [-0.15, -0.1) is 0 Å². The lowest BCUT2D eigenvalue weighted by Crippen LogP contribution is -2.36. The largest absolute Gasteiger partial charge is 0.321 e.